The van der Waals surface area contributed by atoms with Crippen molar-refractivity contribution in [2.24, 2.45) is 0 Å². The number of rotatable bonds is 6. The molecule has 8 aromatic rings. The lowest BCUT2D eigenvalue weighted by atomic mass is 9.92. The molecule has 0 saturated heterocycles. The minimum Gasteiger partial charge on any atom is -0.0622 e. The molecule has 0 amide bonds. The highest BCUT2D eigenvalue weighted by atomic mass is 14.1. The van der Waals surface area contributed by atoms with Gasteiger partial charge in [0.25, 0.3) is 0 Å². The maximum Gasteiger partial charge on any atom is 0.0255 e. The topological polar surface area (TPSA) is 0 Å². The van der Waals surface area contributed by atoms with Crippen LogP contribution in [0.15, 0.2) is 206 Å². The van der Waals surface area contributed by atoms with Gasteiger partial charge in [-0.2, -0.15) is 0 Å². The van der Waals surface area contributed by atoms with E-state index in [0.717, 1.165) is 22.3 Å². The van der Waals surface area contributed by atoms with Crippen molar-refractivity contribution in [2.45, 2.75) is 0 Å². The Morgan fingerprint density at radius 2 is 0.420 bits per heavy atom. The molecule has 0 fully saturated rings. The molecule has 0 aromatic heterocycles. The molecule has 0 N–H and O–H groups in total. The van der Waals surface area contributed by atoms with Crippen LogP contribution < -0.4 is 0 Å². The fraction of sp³-hybridized carbons (Fsp3) is 0. The second kappa shape index (κ2) is 14.2. The van der Waals surface area contributed by atoms with Gasteiger partial charge in [-0.15, -0.1) is 0 Å². The molecule has 8 aromatic carbocycles. The Morgan fingerprint density at radius 1 is 0.180 bits per heavy atom. The lowest BCUT2D eigenvalue weighted by Gasteiger charge is -2.12. The first-order valence-electron chi connectivity index (χ1n) is 17.0. The average molecular weight is 635 g/mol. The van der Waals surface area contributed by atoms with Gasteiger partial charge in [0, 0.05) is 11.1 Å². The molecule has 234 valence electrons. The highest BCUT2D eigenvalue weighted by molar-refractivity contribution is 5.83. The fourth-order valence-electron chi connectivity index (χ4n) is 6.47. The lowest BCUT2D eigenvalue weighted by molar-refractivity contribution is 1.55. The van der Waals surface area contributed by atoms with E-state index in [4.69, 9.17) is 0 Å². The summed E-state index contributed by atoms with van der Waals surface area (Å²) in [5.74, 6) is 6.93. The van der Waals surface area contributed by atoms with E-state index in [-0.39, 0.29) is 0 Å². The molecule has 0 radical (unpaired) electrons. The van der Waals surface area contributed by atoms with Gasteiger partial charge in [-0.1, -0.05) is 157 Å². The first-order chi connectivity index (χ1) is 24.7. The molecule has 0 unspecified atom stereocenters. The summed E-state index contributed by atoms with van der Waals surface area (Å²) in [5.41, 5.74) is 16.2. The maximum absolute atomic E-state index is 3.47. The summed E-state index contributed by atoms with van der Waals surface area (Å²) in [6, 6.07) is 73.2. The molecule has 8 rings (SSSR count). The molecule has 0 nitrogen and oxygen atoms in total. The average Bonchev–Trinajstić information content (AvgIpc) is 3.21. The zero-order valence-electron chi connectivity index (χ0n) is 27.6. The Kier molecular flexibility index (Phi) is 8.71. The highest BCUT2D eigenvalue weighted by Gasteiger charge is 2.09. The fourth-order valence-corrected chi connectivity index (χ4v) is 6.47. The van der Waals surface area contributed by atoms with E-state index in [1.54, 1.807) is 0 Å². The van der Waals surface area contributed by atoms with E-state index in [1.165, 1.54) is 55.6 Å². The summed E-state index contributed by atoms with van der Waals surface area (Å²) in [6.07, 6.45) is 0. The first-order valence-corrected chi connectivity index (χ1v) is 17.0. The van der Waals surface area contributed by atoms with Crippen molar-refractivity contribution in [3.05, 3.63) is 217 Å². The normalized spacial score (nSPS) is 10.6. The van der Waals surface area contributed by atoms with Gasteiger partial charge in [0.05, 0.1) is 0 Å². The number of hydrogen-bond acceptors (Lipinski definition) is 0. The van der Waals surface area contributed by atoms with Crippen LogP contribution >= 0.6 is 0 Å². The van der Waals surface area contributed by atoms with Crippen LogP contribution in [0, 0.1) is 11.8 Å². The third-order valence-corrected chi connectivity index (χ3v) is 9.04. The van der Waals surface area contributed by atoms with Crippen LogP contribution in [0.2, 0.25) is 0 Å². The standard InChI is InChI=1S/C50H34/c1-5-17-39(18-6-1)45-31-46(40-19-7-2-8-20-40)34-49(33-45)43-25-13-15-37(29-43)27-28-38-16-14-26-44(30-38)50-35-47(41-21-9-3-10-22-41)32-48(36-50)42-23-11-4-12-24-42/h1-26,29-36H. The van der Waals surface area contributed by atoms with Crippen molar-refractivity contribution in [3.63, 3.8) is 0 Å². The third-order valence-electron chi connectivity index (χ3n) is 9.04. The predicted octanol–water partition coefficient (Wildman–Crippen LogP) is 13.1. The van der Waals surface area contributed by atoms with Crippen molar-refractivity contribution in [1.29, 1.82) is 0 Å². The summed E-state index contributed by atoms with van der Waals surface area (Å²) in [7, 11) is 0. The molecule has 50 heavy (non-hydrogen) atoms. The number of hydrogen-bond donors (Lipinski definition) is 0. The van der Waals surface area contributed by atoms with Crippen molar-refractivity contribution < 1.29 is 0 Å². The van der Waals surface area contributed by atoms with Gasteiger partial charge < -0.3 is 0 Å². The van der Waals surface area contributed by atoms with Gasteiger partial charge in [-0.25, -0.2) is 0 Å². The zero-order chi connectivity index (χ0) is 33.5. The van der Waals surface area contributed by atoms with E-state index in [0.29, 0.717) is 0 Å². The van der Waals surface area contributed by atoms with E-state index in [1.807, 2.05) is 0 Å². The molecule has 0 aliphatic rings. The van der Waals surface area contributed by atoms with Gasteiger partial charge in [0.2, 0.25) is 0 Å². The minimum absolute atomic E-state index is 0.983. The van der Waals surface area contributed by atoms with E-state index in [2.05, 4.69) is 218 Å². The summed E-state index contributed by atoms with van der Waals surface area (Å²) in [5, 5.41) is 0. The van der Waals surface area contributed by atoms with Crippen LogP contribution in [0.25, 0.3) is 66.8 Å². The van der Waals surface area contributed by atoms with Crippen molar-refractivity contribution in [1.82, 2.24) is 0 Å². The summed E-state index contributed by atoms with van der Waals surface area (Å²) >= 11 is 0. The molecule has 0 aliphatic carbocycles. The molecule has 0 saturated carbocycles. The first kappa shape index (κ1) is 30.6. The Morgan fingerprint density at radius 3 is 0.700 bits per heavy atom. The maximum atomic E-state index is 3.47. The number of benzene rings is 8. The molecular weight excluding hydrogens is 601 g/mol. The van der Waals surface area contributed by atoms with Gasteiger partial charge in [0.1, 0.15) is 0 Å². The van der Waals surface area contributed by atoms with Gasteiger partial charge in [-0.05, 0) is 127 Å². The molecule has 0 bridgehead atoms. The van der Waals surface area contributed by atoms with E-state index in [9.17, 15) is 0 Å². The van der Waals surface area contributed by atoms with Gasteiger partial charge in [0.15, 0.2) is 0 Å². The van der Waals surface area contributed by atoms with Crippen LogP contribution in [0.1, 0.15) is 11.1 Å². The smallest absolute Gasteiger partial charge is 0.0255 e. The van der Waals surface area contributed by atoms with Crippen LogP contribution in [0.3, 0.4) is 0 Å². The van der Waals surface area contributed by atoms with E-state index >= 15 is 0 Å². The molecule has 0 heterocycles. The Bertz CT molecular complexity index is 2160. The Balaban J connectivity index is 1.14. The minimum atomic E-state index is 0.983. The van der Waals surface area contributed by atoms with Crippen molar-refractivity contribution >= 4 is 0 Å². The SMILES string of the molecule is C(#Cc1cccc(-c2cc(-c3ccccc3)cc(-c3ccccc3)c2)c1)c1cccc(-c2cc(-c3ccccc3)cc(-c3ccccc3)c2)c1. The van der Waals surface area contributed by atoms with Crippen LogP contribution in [-0.4, -0.2) is 0 Å². The zero-order valence-corrected chi connectivity index (χ0v) is 27.6. The monoisotopic (exact) mass is 634 g/mol. The molecule has 0 atom stereocenters. The third kappa shape index (κ3) is 6.95. The largest absolute Gasteiger partial charge is 0.0622 e. The quantitative estimate of drug-likeness (QED) is 0.160. The van der Waals surface area contributed by atoms with E-state index < -0.39 is 0 Å². The van der Waals surface area contributed by atoms with Crippen molar-refractivity contribution in [2.75, 3.05) is 0 Å². The molecule has 0 heteroatoms. The summed E-state index contributed by atoms with van der Waals surface area (Å²) < 4.78 is 0. The Labute approximate surface area is 295 Å². The lowest BCUT2D eigenvalue weighted by Crippen LogP contribution is -1.87. The molecule has 0 spiro atoms. The van der Waals surface area contributed by atoms with Crippen LogP contribution in [0.5, 0.6) is 0 Å². The predicted molar refractivity (Wildman–Crippen MR) is 211 cm³/mol. The van der Waals surface area contributed by atoms with Crippen LogP contribution in [-0.2, 0) is 0 Å². The molecular formula is C50H34. The van der Waals surface area contributed by atoms with Gasteiger partial charge >= 0.3 is 0 Å². The second-order valence-electron chi connectivity index (χ2n) is 12.5. The second-order valence-corrected chi connectivity index (χ2v) is 12.5. The highest BCUT2D eigenvalue weighted by Crippen LogP contribution is 2.35. The van der Waals surface area contributed by atoms with Gasteiger partial charge in [-0.3, -0.25) is 0 Å². The molecule has 0 aliphatic heterocycles. The Hall–Kier alpha value is -6.68. The summed E-state index contributed by atoms with van der Waals surface area (Å²) in [6.45, 7) is 0. The van der Waals surface area contributed by atoms with Crippen LogP contribution in [0.4, 0.5) is 0 Å². The van der Waals surface area contributed by atoms with Crippen molar-refractivity contribution in [3.8, 4) is 78.6 Å². The summed E-state index contributed by atoms with van der Waals surface area (Å²) in [4.78, 5) is 0.